The van der Waals surface area contributed by atoms with Gasteiger partial charge in [0.2, 0.25) is 0 Å². The molecule has 0 saturated carbocycles. The lowest BCUT2D eigenvalue weighted by Gasteiger charge is -2.33. The molecule has 0 fully saturated rings. The molecule has 0 bridgehead atoms. The summed E-state index contributed by atoms with van der Waals surface area (Å²) in [5, 5.41) is 0. The third kappa shape index (κ3) is 6.11. The van der Waals surface area contributed by atoms with E-state index in [1.54, 1.807) is 53.7 Å². The number of hydrogen-bond acceptors (Lipinski definition) is 5. The maximum atomic E-state index is 12.1. The third-order valence-electron chi connectivity index (χ3n) is 3.48. The highest BCUT2D eigenvalue weighted by Crippen LogP contribution is 2.24. The van der Waals surface area contributed by atoms with Crippen molar-refractivity contribution in [3.63, 3.8) is 0 Å². The first-order chi connectivity index (χ1) is 10.9. The van der Waals surface area contributed by atoms with E-state index in [2.05, 4.69) is 6.58 Å². The van der Waals surface area contributed by atoms with Gasteiger partial charge in [-0.05, 0) is 54.0 Å². The van der Waals surface area contributed by atoms with E-state index in [0.717, 1.165) is 0 Å². The zero-order valence-electron chi connectivity index (χ0n) is 15.6. The van der Waals surface area contributed by atoms with Crippen LogP contribution in [0.5, 0.6) is 0 Å². The van der Waals surface area contributed by atoms with Crippen molar-refractivity contribution in [2.45, 2.75) is 66.3 Å². The Morgan fingerprint density at radius 2 is 1.67 bits per heavy atom. The standard InChI is InChI=1S/C19H30O5/c1-8-9-13-10-11-14(24-17(21)19(5,6)7)15(23-13)12-22-16(20)18(2,3)4/h8,10-11,13-15H,1,9,12H2,2-7H3/t13-,14+,15-/m1/s1. The highest BCUT2D eigenvalue weighted by Gasteiger charge is 2.35. The van der Waals surface area contributed by atoms with Gasteiger partial charge < -0.3 is 14.2 Å². The van der Waals surface area contributed by atoms with E-state index in [1.165, 1.54) is 0 Å². The third-order valence-corrected chi connectivity index (χ3v) is 3.48. The quantitative estimate of drug-likeness (QED) is 0.568. The van der Waals surface area contributed by atoms with Crippen molar-refractivity contribution < 1.29 is 23.8 Å². The summed E-state index contributed by atoms with van der Waals surface area (Å²) in [7, 11) is 0. The summed E-state index contributed by atoms with van der Waals surface area (Å²) in [4.78, 5) is 24.1. The summed E-state index contributed by atoms with van der Waals surface area (Å²) in [6.45, 7) is 14.5. The van der Waals surface area contributed by atoms with E-state index in [-0.39, 0.29) is 24.6 Å². The lowest BCUT2D eigenvalue weighted by molar-refractivity contribution is -0.174. The van der Waals surface area contributed by atoms with Crippen molar-refractivity contribution in [3.05, 3.63) is 24.8 Å². The van der Waals surface area contributed by atoms with Crippen LogP contribution < -0.4 is 0 Å². The van der Waals surface area contributed by atoms with Gasteiger partial charge in [0.15, 0.2) is 0 Å². The fourth-order valence-electron chi connectivity index (χ4n) is 1.93. The number of esters is 2. The van der Waals surface area contributed by atoms with Gasteiger partial charge in [-0.15, -0.1) is 6.58 Å². The first kappa shape index (κ1) is 20.4. The summed E-state index contributed by atoms with van der Waals surface area (Å²) < 4.78 is 16.8. The molecule has 0 aromatic rings. The average molecular weight is 338 g/mol. The van der Waals surface area contributed by atoms with Crippen LogP contribution >= 0.6 is 0 Å². The maximum Gasteiger partial charge on any atom is 0.311 e. The molecule has 3 atom stereocenters. The van der Waals surface area contributed by atoms with Gasteiger partial charge in [0, 0.05) is 0 Å². The number of hydrogen-bond donors (Lipinski definition) is 0. The van der Waals surface area contributed by atoms with Gasteiger partial charge in [0.05, 0.1) is 16.9 Å². The fourth-order valence-corrected chi connectivity index (χ4v) is 1.93. The summed E-state index contributed by atoms with van der Waals surface area (Å²) >= 11 is 0. The Labute approximate surface area is 145 Å². The minimum atomic E-state index is -0.613. The predicted octanol–water partition coefficient (Wildman–Crippen LogP) is 3.43. The Morgan fingerprint density at radius 3 is 2.17 bits per heavy atom. The summed E-state index contributed by atoms with van der Waals surface area (Å²) in [5.74, 6) is -0.642. The van der Waals surface area contributed by atoms with Crippen molar-refractivity contribution in [3.8, 4) is 0 Å². The van der Waals surface area contributed by atoms with Crippen molar-refractivity contribution in [2.24, 2.45) is 10.8 Å². The molecule has 0 aliphatic carbocycles. The Morgan fingerprint density at radius 1 is 1.08 bits per heavy atom. The lowest BCUT2D eigenvalue weighted by Crippen LogP contribution is -2.43. The molecule has 1 rings (SSSR count). The molecular formula is C19H30O5. The molecule has 24 heavy (non-hydrogen) atoms. The van der Waals surface area contributed by atoms with Gasteiger partial charge in [0.1, 0.15) is 18.8 Å². The lowest BCUT2D eigenvalue weighted by atomic mass is 9.97. The molecule has 136 valence electrons. The molecule has 5 nitrogen and oxygen atoms in total. The highest BCUT2D eigenvalue weighted by atomic mass is 16.6. The van der Waals surface area contributed by atoms with Crippen LogP contribution in [-0.2, 0) is 23.8 Å². The molecule has 1 heterocycles. The number of ether oxygens (including phenoxy) is 3. The van der Waals surface area contributed by atoms with Crippen LogP contribution in [0.1, 0.15) is 48.0 Å². The van der Waals surface area contributed by atoms with Crippen molar-refractivity contribution >= 4 is 11.9 Å². The molecule has 0 unspecified atom stereocenters. The van der Waals surface area contributed by atoms with Crippen LogP contribution in [0.3, 0.4) is 0 Å². The van der Waals surface area contributed by atoms with Crippen LogP contribution in [-0.4, -0.2) is 36.9 Å². The second kappa shape index (κ2) is 7.97. The normalized spacial score (nSPS) is 24.3. The fraction of sp³-hybridized carbons (Fsp3) is 0.684. The van der Waals surface area contributed by atoms with Crippen LogP contribution in [0, 0.1) is 10.8 Å². The summed E-state index contributed by atoms with van der Waals surface area (Å²) in [6, 6.07) is 0. The number of carbonyl (C=O) groups is 2. The Balaban J connectivity index is 2.80. The van der Waals surface area contributed by atoms with Crippen LogP contribution in [0.15, 0.2) is 24.8 Å². The Hall–Kier alpha value is -1.62. The molecule has 0 N–H and O–H groups in total. The van der Waals surface area contributed by atoms with Crippen LogP contribution in [0.2, 0.25) is 0 Å². The smallest absolute Gasteiger partial charge is 0.311 e. The van der Waals surface area contributed by atoms with E-state index in [4.69, 9.17) is 14.2 Å². The van der Waals surface area contributed by atoms with Crippen molar-refractivity contribution in [2.75, 3.05) is 6.61 Å². The van der Waals surface area contributed by atoms with Crippen LogP contribution in [0.25, 0.3) is 0 Å². The first-order valence-electron chi connectivity index (χ1n) is 8.28. The molecule has 0 amide bonds. The SMILES string of the molecule is C=CC[C@@H]1C=C[C@H](OC(=O)C(C)(C)C)[C@@H](COC(=O)C(C)(C)C)O1. The maximum absolute atomic E-state index is 12.1. The second-order valence-corrected chi connectivity index (χ2v) is 8.09. The van der Waals surface area contributed by atoms with Gasteiger partial charge in [-0.1, -0.05) is 12.2 Å². The number of rotatable bonds is 5. The van der Waals surface area contributed by atoms with E-state index in [0.29, 0.717) is 6.42 Å². The van der Waals surface area contributed by atoms with E-state index in [9.17, 15) is 9.59 Å². The highest BCUT2D eigenvalue weighted by molar-refractivity contribution is 5.76. The van der Waals surface area contributed by atoms with Gasteiger partial charge in [-0.3, -0.25) is 9.59 Å². The van der Waals surface area contributed by atoms with Gasteiger partial charge in [-0.2, -0.15) is 0 Å². The van der Waals surface area contributed by atoms with E-state index in [1.807, 2.05) is 6.08 Å². The minimum absolute atomic E-state index is 0.0379. The van der Waals surface area contributed by atoms with Crippen LogP contribution in [0.4, 0.5) is 0 Å². The van der Waals surface area contributed by atoms with Gasteiger partial charge in [0.25, 0.3) is 0 Å². The van der Waals surface area contributed by atoms with Gasteiger partial charge in [-0.25, -0.2) is 0 Å². The average Bonchev–Trinajstić information content (AvgIpc) is 2.45. The molecule has 0 aromatic heterocycles. The topological polar surface area (TPSA) is 61.8 Å². The summed E-state index contributed by atoms with van der Waals surface area (Å²) in [6.07, 6.45) is 4.78. The number of carbonyl (C=O) groups excluding carboxylic acids is 2. The molecule has 1 aliphatic rings. The second-order valence-electron chi connectivity index (χ2n) is 8.09. The minimum Gasteiger partial charge on any atom is -0.462 e. The summed E-state index contributed by atoms with van der Waals surface area (Å²) in [5.41, 5.74) is -1.21. The van der Waals surface area contributed by atoms with Crippen molar-refractivity contribution in [1.82, 2.24) is 0 Å². The van der Waals surface area contributed by atoms with E-state index >= 15 is 0 Å². The molecule has 0 spiro atoms. The zero-order valence-corrected chi connectivity index (χ0v) is 15.6. The van der Waals surface area contributed by atoms with Gasteiger partial charge >= 0.3 is 11.9 Å². The first-order valence-corrected chi connectivity index (χ1v) is 8.28. The Kier molecular flexibility index (Phi) is 6.78. The van der Waals surface area contributed by atoms with E-state index < -0.39 is 23.0 Å². The molecule has 0 radical (unpaired) electrons. The largest absolute Gasteiger partial charge is 0.462 e. The zero-order chi connectivity index (χ0) is 18.5. The molecule has 0 aromatic carbocycles. The monoisotopic (exact) mass is 338 g/mol. The molecule has 0 saturated heterocycles. The van der Waals surface area contributed by atoms with Crippen molar-refractivity contribution in [1.29, 1.82) is 0 Å². The molecule has 1 aliphatic heterocycles. The molecular weight excluding hydrogens is 308 g/mol. The Bertz CT molecular complexity index is 493. The predicted molar refractivity (Wildman–Crippen MR) is 92.4 cm³/mol. The molecule has 5 heteroatoms.